The molecular formula is C60H110O5. The lowest BCUT2D eigenvalue weighted by Gasteiger charge is -2.15. The fraction of sp³-hybridized carbons (Fsp3) is 0.833. The number of hydrogen-bond donors (Lipinski definition) is 1. The summed E-state index contributed by atoms with van der Waals surface area (Å²) in [4.78, 5) is 24.5. The number of ether oxygens (including phenoxy) is 2. The molecular weight excluding hydrogens is 801 g/mol. The van der Waals surface area contributed by atoms with Gasteiger partial charge in [0.1, 0.15) is 6.61 Å². The molecule has 1 atom stereocenters. The van der Waals surface area contributed by atoms with Crippen molar-refractivity contribution in [3.63, 3.8) is 0 Å². The predicted molar refractivity (Wildman–Crippen MR) is 284 cm³/mol. The van der Waals surface area contributed by atoms with Crippen molar-refractivity contribution in [2.45, 2.75) is 309 Å². The van der Waals surface area contributed by atoms with E-state index >= 15 is 0 Å². The molecule has 0 radical (unpaired) electrons. The van der Waals surface area contributed by atoms with Crippen molar-refractivity contribution in [2.75, 3.05) is 13.2 Å². The molecule has 5 heteroatoms. The fourth-order valence-electron chi connectivity index (χ4n) is 8.61. The minimum Gasteiger partial charge on any atom is -0.462 e. The van der Waals surface area contributed by atoms with Crippen LogP contribution in [0.5, 0.6) is 0 Å². The topological polar surface area (TPSA) is 72.8 Å². The molecule has 1 unspecified atom stereocenters. The molecule has 65 heavy (non-hydrogen) atoms. The Morgan fingerprint density at radius 1 is 0.369 bits per heavy atom. The summed E-state index contributed by atoms with van der Waals surface area (Å²) in [6.07, 6.45) is 73.9. The van der Waals surface area contributed by atoms with E-state index < -0.39 is 6.10 Å². The lowest BCUT2D eigenvalue weighted by Crippen LogP contribution is -2.28. The Morgan fingerprint density at radius 2 is 0.662 bits per heavy atom. The Kier molecular flexibility index (Phi) is 54.3. The molecule has 0 heterocycles. The first-order valence-corrected chi connectivity index (χ1v) is 28.7. The predicted octanol–water partition coefficient (Wildman–Crippen LogP) is 19.3. The van der Waals surface area contributed by atoms with Crippen molar-refractivity contribution in [1.82, 2.24) is 0 Å². The summed E-state index contributed by atoms with van der Waals surface area (Å²) in [5.74, 6) is -0.572. The van der Waals surface area contributed by atoms with Gasteiger partial charge in [-0.25, -0.2) is 0 Å². The van der Waals surface area contributed by atoms with Crippen LogP contribution in [0.25, 0.3) is 0 Å². The van der Waals surface area contributed by atoms with Crippen LogP contribution >= 0.6 is 0 Å². The van der Waals surface area contributed by atoms with Crippen molar-refractivity contribution in [3.05, 3.63) is 48.6 Å². The van der Waals surface area contributed by atoms with E-state index in [9.17, 15) is 14.7 Å². The van der Waals surface area contributed by atoms with Gasteiger partial charge in [-0.2, -0.15) is 0 Å². The van der Waals surface area contributed by atoms with Crippen molar-refractivity contribution in [3.8, 4) is 0 Å². The molecule has 0 aliphatic heterocycles. The Balaban J connectivity index is 3.40. The molecule has 0 aromatic heterocycles. The van der Waals surface area contributed by atoms with E-state index in [1.807, 2.05) is 0 Å². The molecule has 0 rings (SSSR count). The van der Waals surface area contributed by atoms with Crippen molar-refractivity contribution < 1.29 is 24.2 Å². The first-order valence-electron chi connectivity index (χ1n) is 28.7. The summed E-state index contributed by atoms with van der Waals surface area (Å²) in [6.45, 7) is 4.07. The number of unbranched alkanes of at least 4 members (excludes halogenated alkanes) is 37. The molecule has 0 aromatic rings. The van der Waals surface area contributed by atoms with Crippen LogP contribution in [-0.2, 0) is 19.1 Å². The van der Waals surface area contributed by atoms with Gasteiger partial charge in [-0.3, -0.25) is 9.59 Å². The van der Waals surface area contributed by atoms with E-state index in [4.69, 9.17) is 9.47 Å². The van der Waals surface area contributed by atoms with Crippen LogP contribution in [0.15, 0.2) is 48.6 Å². The fourth-order valence-corrected chi connectivity index (χ4v) is 8.61. The standard InChI is InChI=1S/C60H110O5/c1-3-5-7-9-11-13-15-17-19-21-22-23-24-25-26-27-28-29-30-31-32-33-34-35-36-37-38-39-41-43-45-47-49-51-53-55-60(63)65-58(56-61)57-64-59(62)54-52-50-48-46-44-42-40-20-18-16-14-12-10-8-6-4-2/h5,7,11,13,17,19,22-23,58,61H,3-4,6,8-10,12,14-16,18,20-21,24-57H2,1-2H3/b7-5-,13-11-,19-17-,23-22-. The van der Waals surface area contributed by atoms with Gasteiger partial charge in [-0.1, -0.05) is 287 Å². The SMILES string of the molecule is CC/C=C\C/C=C\C/C=C\C/C=C\CCCCCCCCCCCCCCCCCCCCCCCCC(=O)OC(CO)COC(=O)CCCCCCCCCCCCCCCCCC. The molecule has 0 aromatic carbocycles. The number of aliphatic hydroxyl groups is 1. The third-order valence-corrected chi connectivity index (χ3v) is 12.9. The molecule has 0 amide bonds. The second-order valence-corrected chi connectivity index (χ2v) is 19.3. The van der Waals surface area contributed by atoms with E-state index in [0.717, 1.165) is 57.8 Å². The molecule has 0 bridgehead atoms. The number of allylic oxidation sites excluding steroid dienone is 8. The monoisotopic (exact) mass is 911 g/mol. The first kappa shape index (κ1) is 62.9. The lowest BCUT2D eigenvalue weighted by atomic mass is 10.0. The highest BCUT2D eigenvalue weighted by Gasteiger charge is 2.16. The van der Waals surface area contributed by atoms with Gasteiger partial charge in [-0.15, -0.1) is 0 Å². The van der Waals surface area contributed by atoms with Gasteiger partial charge in [0, 0.05) is 12.8 Å². The average molecular weight is 912 g/mol. The number of aliphatic hydroxyl groups excluding tert-OH is 1. The quantitative estimate of drug-likeness (QED) is 0.0374. The van der Waals surface area contributed by atoms with E-state index in [1.54, 1.807) is 0 Å². The molecule has 0 fully saturated rings. The zero-order valence-corrected chi connectivity index (χ0v) is 43.5. The summed E-state index contributed by atoms with van der Waals surface area (Å²) in [5.41, 5.74) is 0. The summed E-state index contributed by atoms with van der Waals surface area (Å²) < 4.78 is 10.7. The molecule has 0 aliphatic rings. The van der Waals surface area contributed by atoms with Crippen LogP contribution < -0.4 is 0 Å². The van der Waals surface area contributed by atoms with Gasteiger partial charge in [0.25, 0.3) is 0 Å². The maximum absolute atomic E-state index is 12.3. The third kappa shape index (κ3) is 54.4. The van der Waals surface area contributed by atoms with Gasteiger partial charge in [0.2, 0.25) is 0 Å². The molecule has 0 spiro atoms. The Bertz CT molecular complexity index is 1080. The Labute approximate surface area is 405 Å². The average Bonchev–Trinajstić information content (AvgIpc) is 3.31. The van der Waals surface area contributed by atoms with E-state index in [1.165, 1.54) is 218 Å². The molecule has 0 aliphatic carbocycles. The largest absolute Gasteiger partial charge is 0.462 e. The maximum Gasteiger partial charge on any atom is 0.306 e. The van der Waals surface area contributed by atoms with Crippen LogP contribution in [0.4, 0.5) is 0 Å². The van der Waals surface area contributed by atoms with Crippen LogP contribution in [0.3, 0.4) is 0 Å². The second kappa shape index (κ2) is 56.2. The summed E-state index contributed by atoms with van der Waals surface area (Å²) in [7, 11) is 0. The highest BCUT2D eigenvalue weighted by Crippen LogP contribution is 2.17. The summed E-state index contributed by atoms with van der Waals surface area (Å²) >= 11 is 0. The number of hydrogen-bond acceptors (Lipinski definition) is 5. The van der Waals surface area contributed by atoms with E-state index in [0.29, 0.717) is 12.8 Å². The van der Waals surface area contributed by atoms with Crippen LogP contribution in [0.2, 0.25) is 0 Å². The molecule has 380 valence electrons. The van der Waals surface area contributed by atoms with Crippen molar-refractivity contribution in [2.24, 2.45) is 0 Å². The molecule has 0 saturated heterocycles. The highest BCUT2D eigenvalue weighted by atomic mass is 16.6. The van der Waals surface area contributed by atoms with E-state index in [-0.39, 0.29) is 25.2 Å². The molecule has 0 saturated carbocycles. The lowest BCUT2D eigenvalue weighted by molar-refractivity contribution is -0.161. The van der Waals surface area contributed by atoms with Gasteiger partial charge < -0.3 is 14.6 Å². The smallest absolute Gasteiger partial charge is 0.306 e. The van der Waals surface area contributed by atoms with Gasteiger partial charge in [-0.05, 0) is 51.4 Å². The zero-order chi connectivity index (χ0) is 47.0. The summed E-state index contributed by atoms with van der Waals surface area (Å²) in [5, 5.41) is 9.64. The number of carbonyl (C=O) groups excluding carboxylic acids is 2. The first-order chi connectivity index (χ1) is 32.1. The van der Waals surface area contributed by atoms with Crippen molar-refractivity contribution >= 4 is 11.9 Å². The number of carbonyl (C=O) groups is 2. The third-order valence-electron chi connectivity index (χ3n) is 12.9. The molecule has 5 nitrogen and oxygen atoms in total. The van der Waals surface area contributed by atoms with Gasteiger partial charge >= 0.3 is 11.9 Å². The minimum atomic E-state index is -0.767. The molecule has 1 N–H and O–H groups in total. The van der Waals surface area contributed by atoms with Crippen LogP contribution in [0, 0.1) is 0 Å². The zero-order valence-electron chi connectivity index (χ0n) is 43.5. The number of rotatable bonds is 53. The van der Waals surface area contributed by atoms with Gasteiger partial charge in [0.05, 0.1) is 6.61 Å². The maximum atomic E-state index is 12.3. The van der Waals surface area contributed by atoms with Crippen LogP contribution in [0.1, 0.15) is 303 Å². The van der Waals surface area contributed by atoms with Crippen molar-refractivity contribution in [1.29, 1.82) is 0 Å². The van der Waals surface area contributed by atoms with Crippen LogP contribution in [-0.4, -0.2) is 36.4 Å². The second-order valence-electron chi connectivity index (χ2n) is 19.3. The Morgan fingerprint density at radius 3 is 1.00 bits per heavy atom. The normalized spacial score (nSPS) is 12.5. The van der Waals surface area contributed by atoms with Gasteiger partial charge in [0.15, 0.2) is 6.10 Å². The van der Waals surface area contributed by atoms with E-state index in [2.05, 4.69) is 62.5 Å². The summed E-state index contributed by atoms with van der Waals surface area (Å²) in [6, 6.07) is 0. The Hall–Kier alpha value is -2.14. The highest BCUT2D eigenvalue weighted by molar-refractivity contribution is 5.70. The minimum absolute atomic E-state index is 0.0595. The number of esters is 2.